The summed E-state index contributed by atoms with van der Waals surface area (Å²) in [5, 5.41) is 2.15. The lowest BCUT2D eigenvalue weighted by atomic mass is 10.1. The zero-order chi connectivity index (χ0) is 28.3. The van der Waals surface area contributed by atoms with Crippen molar-refractivity contribution in [3.63, 3.8) is 0 Å². The SMILES string of the molecule is CCCCC[C@@H](CO[Si](c1ccccc1)(c1ccccc1)C(C)(C)C)OC(=O)[C@@H](OC(C)=O)c1ccccc1. The second-order valence-corrected chi connectivity index (χ2v) is 15.2. The summed E-state index contributed by atoms with van der Waals surface area (Å²) >= 11 is 0. The second kappa shape index (κ2) is 14.2. The molecule has 0 saturated heterocycles. The van der Waals surface area contributed by atoms with Crippen LogP contribution in [0.1, 0.15) is 72.0 Å². The first kappa shape index (κ1) is 30.3. The van der Waals surface area contributed by atoms with Crippen molar-refractivity contribution in [1.29, 1.82) is 0 Å². The van der Waals surface area contributed by atoms with Crippen LogP contribution in [0.2, 0.25) is 5.04 Å². The van der Waals surface area contributed by atoms with Crippen LogP contribution in [0.5, 0.6) is 0 Å². The van der Waals surface area contributed by atoms with Gasteiger partial charge < -0.3 is 13.9 Å². The third kappa shape index (κ3) is 7.90. The predicted molar refractivity (Wildman–Crippen MR) is 159 cm³/mol. The van der Waals surface area contributed by atoms with Gasteiger partial charge in [0.2, 0.25) is 6.10 Å². The van der Waals surface area contributed by atoms with Crippen molar-refractivity contribution < 1.29 is 23.5 Å². The van der Waals surface area contributed by atoms with Crippen molar-refractivity contribution in [2.75, 3.05) is 6.61 Å². The van der Waals surface area contributed by atoms with Gasteiger partial charge in [0.05, 0.1) is 6.61 Å². The molecular formula is C33H42O5Si. The molecule has 0 aliphatic rings. The molecule has 3 aromatic rings. The zero-order valence-corrected chi connectivity index (χ0v) is 24.9. The van der Waals surface area contributed by atoms with Crippen LogP contribution in [0.4, 0.5) is 0 Å². The number of unbranched alkanes of at least 4 members (excludes halogenated alkanes) is 2. The Balaban J connectivity index is 1.95. The van der Waals surface area contributed by atoms with Gasteiger partial charge >= 0.3 is 11.9 Å². The highest BCUT2D eigenvalue weighted by atomic mass is 28.4. The fourth-order valence-electron chi connectivity index (χ4n) is 5.05. The van der Waals surface area contributed by atoms with E-state index < -0.39 is 32.5 Å². The first-order chi connectivity index (χ1) is 18.7. The Hall–Kier alpha value is -3.22. The van der Waals surface area contributed by atoms with Gasteiger partial charge in [-0.2, -0.15) is 0 Å². The van der Waals surface area contributed by atoms with Crippen molar-refractivity contribution in [2.45, 2.75) is 77.5 Å². The van der Waals surface area contributed by atoms with Crippen molar-refractivity contribution in [1.82, 2.24) is 0 Å². The van der Waals surface area contributed by atoms with E-state index in [-0.39, 0.29) is 11.6 Å². The molecule has 0 radical (unpaired) electrons. The lowest BCUT2D eigenvalue weighted by Crippen LogP contribution is -2.67. The predicted octanol–water partition coefficient (Wildman–Crippen LogP) is 6.36. The number of esters is 2. The van der Waals surface area contributed by atoms with E-state index in [1.54, 1.807) is 12.1 Å². The van der Waals surface area contributed by atoms with Gasteiger partial charge in [0.1, 0.15) is 6.10 Å². The number of carbonyl (C=O) groups excluding carboxylic acids is 2. The molecular weight excluding hydrogens is 504 g/mol. The van der Waals surface area contributed by atoms with Gasteiger partial charge in [0.25, 0.3) is 8.32 Å². The Morgan fingerprint density at radius 2 is 1.28 bits per heavy atom. The third-order valence-corrected chi connectivity index (χ3v) is 11.9. The number of rotatable bonds is 13. The Kier molecular flexibility index (Phi) is 11.1. The second-order valence-electron chi connectivity index (χ2n) is 10.9. The molecule has 6 heteroatoms. The number of hydrogen-bond acceptors (Lipinski definition) is 5. The normalized spacial score (nSPS) is 13.4. The number of benzene rings is 3. The first-order valence-corrected chi connectivity index (χ1v) is 15.8. The van der Waals surface area contributed by atoms with Gasteiger partial charge in [-0.1, -0.05) is 132 Å². The summed E-state index contributed by atoms with van der Waals surface area (Å²) in [6.45, 7) is 10.4. The topological polar surface area (TPSA) is 61.8 Å². The number of ether oxygens (including phenoxy) is 2. The summed E-state index contributed by atoms with van der Waals surface area (Å²) in [4.78, 5) is 25.3. The number of hydrogen-bond donors (Lipinski definition) is 0. The van der Waals surface area contributed by atoms with Gasteiger partial charge in [-0.15, -0.1) is 0 Å². The fourth-order valence-corrected chi connectivity index (χ4v) is 9.64. The van der Waals surface area contributed by atoms with E-state index >= 15 is 0 Å². The molecule has 0 saturated carbocycles. The molecule has 0 bridgehead atoms. The van der Waals surface area contributed by atoms with E-state index in [1.165, 1.54) is 17.3 Å². The summed E-state index contributed by atoms with van der Waals surface area (Å²) in [7, 11) is -2.80. The molecule has 2 atom stereocenters. The van der Waals surface area contributed by atoms with E-state index in [1.807, 2.05) is 30.3 Å². The van der Waals surface area contributed by atoms with Crippen LogP contribution >= 0.6 is 0 Å². The lowest BCUT2D eigenvalue weighted by molar-refractivity contribution is -0.172. The summed E-state index contributed by atoms with van der Waals surface area (Å²) in [6, 6.07) is 29.8. The van der Waals surface area contributed by atoms with E-state index in [0.29, 0.717) is 12.0 Å². The minimum Gasteiger partial charge on any atom is -0.457 e. The molecule has 3 aromatic carbocycles. The quantitative estimate of drug-likeness (QED) is 0.142. The van der Waals surface area contributed by atoms with Crippen molar-refractivity contribution in [3.05, 3.63) is 96.6 Å². The van der Waals surface area contributed by atoms with Crippen LogP contribution in [0, 0.1) is 0 Å². The largest absolute Gasteiger partial charge is 0.457 e. The Bertz CT molecular complexity index is 1120. The molecule has 0 fully saturated rings. The van der Waals surface area contributed by atoms with E-state index in [0.717, 1.165) is 19.3 Å². The fraction of sp³-hybridized carbons (Fsp3) is 0.394. The lowest BCUT2D eigenvalue weighted by Gasteiger charge is -2.43. The highest BCUT2D eigenvalue weighted by Gasteiger charge is 2.50. The summed E-state index contributed by atoms with van der Waals surface area (Å²) in [5.74, 6) is -1.11. The van der Waals surface area contributed by atoms with E-state index in [2.05, 4.69) is 76.2 Å². The number of carbonyl (C=O) groups is 2. The molecule has 0 aromatic heterocycles. The van der Waals surface area contributed by atoms with Crippen LogP contribution in [-0.2, 0) is 23.5 Å². The summed E-state index contributed by atoms with van der Waals surface area (Å²) < 4.78 is 18.6. The summed E-state index contributed by atoms with van der Waals surface area (Å²) in [6.07, 6.45) is 2.05. The monoisotopic (exact) mass is 546 g/mol. The van der Waals surface area contributed by atoms with Crippen molar-refractivity contribution in [2.24, 2.45) is 0 Å². The molecule has 3 rings (SSSR count). The zero-order valence-electron chi connectivity index (χ0n) is 23.9. The van der Waals surface area contributed by atoms with E-state index in [4.69, 9.17) is 13.9 Å². The van der Waals surface area contributed by atoms with Crippen molar-refractivity contribution >= 4 is 30.6 Å². The van der Waals surface area contributed by atoms with Crippen LogP contribution in [0.25, 0.3) is 0 Å². The van der Waals surface area contributed by atoms with E-state index in [9.17, 15) is 9.59 Å². The highest BCUT2D eigenvalue weighted by molar-refractivity contribution is 6.99. The first-order valence-electron chi connectivity index (χ1n) is 13.9. The maximum Gasteiger partial charge on any atom is 0.352 e. The Morgan fingerprint density at radius 1 is 0.769 bits per heavy atom. The van der Waals surface area contributed by atoms with Gasteiger partial charge in [-0.05, 0) is 28.3 Å². The Labute approximate surface area is 234 Å². The molecule has 0 unspecified atom stereocenters. The van der Waals surface area contributed by atoms with Crippen LogP contribution < -0.4 is 10.4 Å². The van der Waals surface area contributed by atoms with Crippen LogP contribution in [0.15, 0.2) is 91.0 Å². The van der Waals surface area contributed by atoms with Gasteiger partial charge in [0, 0.05) is 12.5 Å². The maximum absolute atomic E-state index is 13.4. The molecule has 0 aliphatic carbocycles. The van der Waals surface area contributed by atoms with Crippen LogP contribution in [0.3, 0.4) is 0 Å². The molecule has 39 heavy (non-hydrogen) atoms. The molecule has 0 N–H and O–H groups in total. The smallest absolute Gasteiger partial charge is 0.352 e. The highest BCUT2D eigenvalue weighted by Crippen LogP contribution is 2.37. The van der Waals surface area contributed by atoms with Gasteiger partial charge in [-0.25, -0.2) is 4.79 Å². The average molecular weight is 547 g/mol. The van der Waals surface area contributed by atoms with Crippen molar-refractivity contribution in [3.8, 4) is 0 Å². The molecule has 208 valence electrons. The van der Waals surface area contributed by atoms with Gasteiger partial charge in [-0.3, -0.25) is 4.79 Å². The molecule has 0 amide bonds. The molecule has 5 nitrogen and oxygen atoms in total. The summed E-state index contributed by atoms with van der Waals surface area (Å²) in [5.41, 5.74) is 0.581. The Morgan fingerprint density at radius 3 is 1.74 bits per heavy atom. The molecule has 0 aliphatic heterocycles. The third-order valence-electron chi connectivity index (χ3n) is 6.92. The standard InChI is InChI=1S/C33H42O5Si/c1-6-7-11-20-28(38-32(35)31(37-26(2)34)27-18-12-8-13-19-27)25-36-39(33(3,4)5,29-21-14-9-15-22-29)30-23-16-10-17-24-30/h8-10,12-19,21-24,28,31H,6-7,11,20,25H2,1-5H3/t28-,31-/m0/s1. The maximum atomic E-state index is 13.4. The average Bonchev–Trinajstić information content (AvgIpc) is 2.92. The van der Waals surface area contributed by atoms with Gasteiger partial charge in [0.15, 0.2) is 0 Å². The molecule has 0 heterocycles. The molecule has 0 spiro atoms. The van der Waals surface area contributed by atoms with Crippen LogP contribution in [-0.4, -0.2) is 33.0 Å². The minimum atomic E-state index is -2.80. The minimum absolute atomic E-state index is 0.196.